The Bertz CT molecular complexity index is 556. The largest absolute Gasteiger partial charge is 0.569 e. The lowest BCUT2D eigenvalue weighted by molar-refractivity contribution is -0.725. The van der Waals surface area contributed by atoms with Crippen LogP contribution in [0, 0.1) is 12.1 Å². The van der Waals surface area contributed by atoms with E-state index in [4.69, 9.17) is 4.84 Å². The van der Waals surface area contributed by atoms with Gasteiger partial charge in [0.25, 0.3) is 0 Å². The van der Waals surface area contributed by atoms with Crippen molar-refractivity contribution in [2.24, 2.45) is 5.28 Å². The highest BCUT2D eigenvalue weighted by atomic mass is 16.7. The van der Waals surface area contributed by atoms with E-state index in [1.165, 1.54) is 0 Å². The van der Waals surface area contributed by atoms with Crippen molar-refractivity contribution in [1.29, 1.82) is 0 Å². The van der Waals surface area contributed by atoms with E-state index in [1.54, 1.807) is 5.01 Å². The van der Waals surface area contributed by atoms with Gasteiger partial charge >= 0.3 is 0 Å². The maximum atomic E-state index is 12.1. The van der Waals surface area contributed by atoms with Crippen molar-refractivity contribution in [2.45, 2.75) is 52.7 Å². The van der Waals surface area contributed by atoms with Crippen LogP contribution in [0.15, 0.2) is 23.7 Å². The first-order valence-corrected chi connectivity index (χ1v) is 8.09. The van der Waals surface area contributed by atoms with E-state index in [-0.39, 0.29) is 11.6 Å². The lowest BCUT2D eigenvalue weighted by Crippen LogP contribution is -2.45. The highest BCUT2D eigenvalue weighted by Crippen LogP contribution is 2.22. The highest BCUT2D eigenvalue weighted by molar-refractivity contribution is 5.46. The van der Waals surface area contributed by atoms with E-state index in [0.717, 1.165) is 24.2 Å². The Hall–Kier alpha value is -2.05. The van der Waals surface area contributed by atoms with Crippen molar-refractivity contribution in [3.8, 4) is 0 Å². The summed E-state index contributed by atoms with van der Waals surface area (Å²) in [6.45, 7) is 12.0. The SMILES string of the molecule is CCN(/[N+]([O-])=N\O[C@@H]1CCN(c2cncc(C)c2)C1)C(C)(C)C. The normalized spacial score (nSPS) is 19.1. The number of aromatic nitrogens is 1. The van der Waals surface area contributed by atoms with Crippen LogP contribution in [0.25, 0.3) is 0 Å². The minimum Gasteiger partial charge on any atom is -0.569 e. The average Bonchev–Trinajstić information content (AvgIpc) is 2.93. The Balaban J connectivity index is 1.94. The standard InChI is InChI=1S/C16H27N5O2/c1-6-20(16(3,4)5)21(22)18-23-15-7-8-19(12-15)14-9-13(2)10-17-11-14/h9-11,15H,6-8,12H2,1-5H3/b21-18+/t15-/m1/s1. The summed E-state index contributed by atoms with van der Waals surface area (Å²) in [5.41, 5.74) is 1.92. The Kier molecular flexibility index (Phi) is 5.28. The van der Waals surface area contributed by atoms with Crippen LogP contribution in [0.2, 0.25) is 0 Å². The van der Waals surface area contributed by atoms with E-state index in [1.807, 2.05) is 47.0 Å². The van der Waals surface area contributed by atoms with Gasteiger partial charge in [-0.1, -0.05) is 0 Å². The smallest absolute Gasteiger partial charge is 0.233 e. The summed E-state index contributed by atoms with van der Waals surface area (Å²) < 4.78 is 0. The third-order valence-electron chi connectivity index (χ3n) is 3.92. The second-order valence-electron chi connectivity index (χ2n) is 6.90. The number of nitrogens with zero attached hydrogens (tertiary/aromatic N) is 5. The predicted octanol–water partition coefficient (Wildman–Crippen LogP) is 2.90. The molecule has 0 N–H and O–H groups in total. The number of pyridine rings is 1. The Morgan fingerprint density at radius 1 is 1.48 bits per heavy atom. The molecule has 2 rings (SSSR count). The minimum atomic E-state index is -0.293. The summed E-state index contributed by atoms with van der Waals surface area (Å²) in [6.07, 6.45) is 4.45. The van der Waals surface area contributed by atoms with Crippen LogP contribution >= 0.6 is 0 Å². The van der Waals surface area contributed by atoms with E-state index in [2.05, 4.69) is 21.2 Å². The molecule has 1 fully saturated rings. The van der Waals surface area contributed by atoms with Crippen LogP contribution in [0.4, 0.5) is 5.69 Å². The fourth-order valence-corrected chi connectivity index (χ4v) is 2.76. The van der Waals surface area contributed by atoms with E-state index < -0.39 is 0 Å². The second-order valence-corrected chi connectivity index (χ2v) is 6.90. The summed E-state index contributed by atoms with van der Waals surface area (Å²) >= 11 is 0. The molecule has 1 aliphatic rings. The van der Waals surface area contributed by atoms with Crippen molar-refractivity contribution in [3.63, 3.8) is 0 Å². The fraction of sp³-hybridized carbons (Fsp3) is 0.688. The summed E-state index contributed by atoms with van der Waals surface area (Å²) in [6, 6.07) is 2.10. The molecule has 1 aromatic rings. The highest BCUT2D eigenvalue weighted by Gasteiger charge is 2.29. The summed E-state index contributed by atoms with van der Waals surface area (Å²) in [7, 11) is 0. The zero-order chi connectivity index (χ0) is 17.0. The molecule has 0 aromatic carbocycles. The molecule has 1 aromatic heterocycles. The molecule has 23 heavy (non-hydrogen) atoms. The van der Waals surface area contributed by atoms with E-state index in [9.17, 15) is 5.21 Å². The summed E-state index contributed by atoms with van der Waals surface area (Å²) in [5.74, 6) is 0. The number of hydrazine groups is 1. The molecule has 0 spiro atoms. The van der Waals surface area contributed by atoms with Crippen LogP contribution in [0.1, 0.15) is 39.7 Å². The van der Waals surface area contributed by atoms with Gasteiger partial charge in [-0.25, -0.2) is 0 Å². The van der Waals surface area contributed by atoms with Gasteiger partial charge in [-0.3, -0.25) is 4.98 Å². The van der Waals surface area contributed by atoms with Crippen LogP contribution in [-0.4, -0.2) is 46.2 Å². The van der Waals surface area contributed by atoms with E-state index >= 15 is 0 Å². The molecule has 128 valence electrons. The zero-order valence-corrected chi connectivity index (χ0v) is 14.7. The van der Waals surface area contributed by atoms with Crippen molar-refractivity contribution < 1.29 is 9.81 Å². The number of hydrogen-bond donors (Lipinski definition) is 0. The minimum absolute atomic E-state index is 0.0781. The monoisotopic (exact) mass is 321 g/mol. The van der Waals surface area contributed by atoms with Gasteiger partial charge in [0.1, 0.15) is 0 Å². The maximum Gasteiger partial charge on any atom is 0.233 e. The number of aryl methyl sites for hydroxylation is 1. The molecule has 7 heteroatoms. The first-order valence-electron chi connectivity index (χ1n) is 8.09. The first kappa shape index (κ1) is 17.3. The van der Waals surface area contributed by atoms with Crippen LogP contribution in [-0.2, 0) is 4.84 Å². The van der Waals surface area contributed by atoms with Gasteiger partial charge in [0.05, 0.1) is 35.5 Å². The van der Waals surface area contributed by atoms with Crippen molar-refractivity contribution >= 4 is 5.69 Å². The number of rotatable bonds is 5. The molecular weight excluding hydrogens is 294 g/mol. The molecular formula is C16H27N5O2. The number of anilines is 1. The van der Waals surface area contributed by atoms with Gasteiger partial charge in [-0.15, -0.1) is 5.01 Å². The second kappa shape index (κ2) is 7.02. The summed E-state index contributed by atoms with van der Waals surface area (Å²) in [4.78, 5) is 12.4. The topological polar surface area (TPSA) is 67.0 Å². The van der Waals surface area contributed by atoms with Gasteiger partial charge in [-0.2, -0.15) is 0 Å². The van der Waals surface area contributed by atoms with Crippen molar-refractivity contribution in [3.05, 3.63) is 29.2 Å². The molecule has 0 bridgehead atoms. The molecule has 1 aliphatic heterocycles. The molecule has 0 aliphatic carbocycles. The van der Waals surface area contributed by atoms with Gasteiger partial charge in [-0.05, 0) is 46.2 Å². The maximum absolute atomic E-state index is 12.1. The molecule has 0 amide bonds. The zero-order valence-electron chi connectivity index (χ0n) is 14.7. The van der Waals surface area contributed by atoms with Gasteiger partial charge in [0.2, 0.25) is 5.28 Å². The first-order chi connectivity index (χ1) is 10.8. The van der Waals surface area contributed by atoms with Crippen LogP contribution in [0.5, 0.6) is 0 Å². The van der Waals surface area contributed by atoms with Crippen molar-refractivity contribution in [1.82, 2.24) is 9.99 Å². The molecule has 0 unspecified atom stereocenters. The quantitative estimate of drug-likeness (QED) is 0.474. The van der Waals surface area contributed by atoms with Crippen LogP contribution in [0.3, 0.4) is 0 Å². The lowest BCUT2D eigenvalue weighted by Gasteiger charge is -2.29. The van der Waals surface area contributed by atoms with Crippen molar-refractivity contribution in [2.75, 3.05) is 24.5 Å². The Morgan fingerprint density at radius 3 is 2.83 bits per heavy atom. The third-order valence-corrected chi connectivity index (χ3v) is 3.92. The van der Waals surface area contributed by atoms with Gasteiger partial charge in [0, 0.05) is 19.2 Å². The number of hydrogen-bond acceptors (Lipinski definition) is 5. The lowest BCUT2D eigenvalue weighted by atomic mass is 10.1. The van der Waals surface area contributed by atoms with Gasteiger partial charge in [0.15, 0.2) is 6.10 Å². The molecule has 2 heterocycles. The van der Waals surface area contributed by atoms with E-state index in [0.29, 0.717) is 18.1 Å². The van der Waals surface area contributed by atoms with Crippen LogP contribution < -0.4 is 4.90 Å². The Morgan fingerprint density at radius 2 is 2.22 bits per heavy atom. The summed E-state index contributed by atoms with van der Waals surface area (Å²) in [5, 5.41) is 17.5. The third kappa shape index (κ3) is 4.46. The predicted molar refractivity (Wildman–Crippen MR) is 88.9 cm³/mol. The Labute approximate surface area is 138 Å². The molecule has 1 atom stereocenters. The fourth-order valence-electron chi connectivity index (χ4n) is 2.76. The molecule has 0 saturated carbocycles. The van der Waals surface area contributed by atoms with Gasteiger partial charge < -0.3 is 14.9 Å². The average molecular weight is 321 g/mol. The molecule has 1 saturated heterocycles. The molecule has 7 nitrogen and oxygen atoms in total. The molecule has 0 radical (unpaired) electrons.